The smallest absolute Gasteiger partial charge is 0.417 e. The summed E-state index contributed by atoms with van der Waals surface area (Å²) in [5.74, 6) is -4.34. The van der Waals surface area contributed by atoms with Gasteiger partial charge in [0, 0.05) is 0 Å². The van der Waals surface area contributed by atoms with Gasteiger partial charge in [0.15, 0.2) is 0 Å². The second-order valence-corrected chi connectivity index (χ2v) is 2.34. The van der Waals surface area contributed by atoms with Crippen molar-refractivity contribution >= 4 is 11.9 Å². The monoisotopic (exact) mass is 201 g/mol. The fourth-order valence-electron chi connectivity index (χ4n) is 0.536. The molecule has 8 heteroatoms. The quantitative estimate of drug-likeness (QED) is 0.587. The molecule has 0 saturated carbocycles. The van der Waals surface area contributed by atoms with Gasteiger partial charge in [-0.25, -0.2) is 4.79 Å². The Labute approximate surface area is 69.9 Å². The summed E-state index contributed by atoms with van der Waals surface area (Å²) < 4.78 is 35.8. The molecule has 0 aliphatic heterocycles. The highest BCUT2D eigenvalue weighted by Gasteiger charge is 2.59. The number of rotatable bonds is 3. The Morgan fingerprint density at radius 3 is 1.69 bits per heavy atom. The molecule has 0 aliphatic carbocycles. The molecule has 0 aliphatic rings. The van der Waals surface area contributed by atoms with Crippen molar-refractivity contribution < 1.29 is 33.0 Å². The number of alkyl halides is 3. The number of halogens is 3. The van der Waals surface area contributed by atoms with E-state index in [1.54, 1.807) is 0 Å². The number of nitrogens with two attached hydrogens (primary N) is 1. The second kappa shape index (κ2) is 3.21. The normalized spacial score (nSPS) is 16.3. The third-order valence-electron chi connectivity index (χ3n) is 1.32. The molecule has 0 amide bonds. The molecule has 5 nitrogen and oxygen atoms in total. The molecule has 0 aromatic carbocycles. The third-order valence-corrected chi connectivity index (χ3v) is 1.32. The van der Waals surface area contributed by atoms with Crippen molar-refractivity contribution in [3.63, 3.8) is 0 Å². The molecule has 0 radical (unpaired) electrons. The molecule has 13 heavy (non-hydrogen) atoms. The Bertz CT molecular complexity index is 238. The molecule has 76 valence electrons. The summed E-state index contributed by atoms with van der Waals surface area (Å²) in [5.41, 5.74) is 0.690. The molecule has 4 N–H and O–H groups in total. The van der Waals surface area contributed by atoms with Crippen LogP contribution in [0, 0.1) is 0 Å². The number of aliphatic carboxylic acids is 2. The van der Waals surface area contributed by atoms with E-state index < -0.39 is 30.1 Å². The lowest BCUT2D eigenvalue weighted by atomic mass is 9.96. The predicted octanol–water partition coefficient (Wildman–Crippen LogP) is -0.195. The van der Waals surface area contributed by atoms with Gasteiger partial charge in [-0.3, -0.25) is 4.79 Å². The molecular weight excluding hydrogens is 195 g/mol. The molecule has 0 heterocycles. The van der Waals surface area contributed by atoms with Crippen molar-refractivity contribution in [2.75, 3.05) is 0 Å². The zero-order valence-electron chi connectivity index (χ0n) is 6.13. The second-order valence-electron chi connectivity index (χ2n) is 2.34. The Kier molecular flexibility index (Phi) is 2.88. The Hall–Kier alpha value is -1.31. The average Bonchev–Trinajstić information content (AvgIpc) is 1.82. The molecule has 0 bridgehead atoms. The summed E-state index contributed by atoms with van der Waals surface area (Å²) >= 11 is 0. The zero-order chi connectivity index (χ0) is 10.9. The van der Waals surface area contributed by atoms with E-state index in [1.165, 1.54) is 0 Å². The Morgan fingerprint density at radius 1 is 1.23 bits per heavy atom. The summed E-state index contributed by atoms with van der Waals surface area (Å²) in [7, 11) is 0. The van der Waals surface area contributed by atoms with Crippen LogP contribution in [0.15, 0.2) is 0 Å². The molecule has 0 aromatic rings. The van der Waals surface area contributed by atoms with Crippen molar-refractivity contribution in [2.45, 2.75) is 18.1 Å². The summed E-state index contributed by atoms with van der Waals surface area (Å²) in [4.78, 5) is 20.0. The van der Waals surface area contributed by atoms with E-state index in [2.05, 4.69) is 5.73 Å². The number of carbonyl (C=O) groups is 2. The first-order valence-electron chi connectivity index (χ1n) is 2.92. The average molecular weight is 201 g/mol. The van der Waals surface area contributed by atoms with E-state index in [4.69, 9.17) is 10.2 Å². The van der Waals surface area contributed by atoms with Crippen LogP contribution in [0.5, 0.6) is 0 Å². The van der Waals surface area contributed by atoms with Crippen LogP contribution in [0.3, 0.4) is 0 Å². The SMILES string of the molecule is N[C@](CC(=O)O)(C(=O)O)C(F)(F)F. The largest absolute Gasteiger partial charge is 0.481 e. The topological polar surface area (TPSA) is 101 Å². The molecule has 0 aromatic heterocycles. The minimum absolute atomic E-state index is 1.70. The van der Waals surface area contributed by atoms with Gasteiger partial charge in [-0.1, -0.05) is 0 Å². The fourth-order valence-corrected chi connectivity index (χ4v) is 0.536. The fraction of sp³-hybridized carbons (Fsp3) is 0.600. The van der Waals surface area contributed by atoms with E-state index in [1.807, 2.05) is 0 Å². The molecule has 1 atom stereocenters. The maximum Gasteiger partial charge on any atom is 0.417 e. The van der Waals surface area contributed by atoms with E-state index in [0.717, 1.165) is 0 Å². The van der Waals surface area contributed by atoms with Crippen LogP contribution >= 0.6 is 0 Å². The van der Waals surface area contributed by atoms with E-state index in [9.17, 15) is 22.8 Å². The van der Waals surface area contributed by atoms with Gasteiger partial charge in [0.25, 0.3) is 0 Å². The number of carboxylic acids is 2. The lowest BCUT2D eigenvalue weighted by Crippen LogP contribution is -2.60. The first kappa shape index (κ1) is 11.7. The number of hydrogen-bond donors (Lipinski definition) is 3. The van der Waals surface area contributed by atoms with Crippen molar-refractivity contribution in [2.24, 2.45) is 5.73 Å². The van der Waals surface area contributed by atoms with Gasteiger partial charge in [0.1, 0.15) is 0 Å². The Morgan fingerprint density at radius 2 is 1.62 bits per heavy atom. The minimum atomic E-state index is -5.29. The first-order valence-corrected chi connectivity index (χ1v) is 2.92. The number of carboxylic acid groups (broad SMARTS) is 2. The summed E-state index contributed by atoms with van der Waals surface area (Å²) in [6.07, 6.45) is -7.00. The van der Waals surface area contributed by atoms with Crippen LogP contribution in [0.1, 0.15) is 6.42 Å². The first-order chi connectivity index (χ1) is 5.61. The lowest BCUT2D eigenvalue weighted by molar-refractivity contribution is -0.206. The minimum Gasteiger partial charge on any atom is -0.481 e. The highest BCUT2D eigenvalue weighted by atomic mass is 19.4. The maximum atomic E-state index is 11.9. The van der Waals surface area contributed by atoms with Gasteiger partial charge >= 0.3 is 18.1 Å². The van der Waals surface area contributed by atoms with Crippen LogP contribution < -0.4 is 5.73 Å². The molecule has 0 fully saturated rings. The van der Waals surface area contributed by atoms with Gasteiger partial charge in [-0.05, 0) is 0 Å². The van der Waals surface area contributed by atoms with Gasteiger partial charge in [-0.2, -0.15) is 13.2 Å². The maximum absolute atomic E-state index is 11.9. The van der Waals surface area contributed by atoms with Crippen molar-refractivity contribution in [3.05, 3.63) is 0 Å². The van der Waals surface area contributed by atoms with E-state index in [-0.39, 0.29) is 0 Å². The van der Waals surface area contributed by atoms with Crippen LogP contribution in [-0.4, -0.2) is 33.9 Å². The zero-order valence-corrected chi connectivity index (χ0v) is 6.13. The Balaban J connectivity index is 4.96. The van der Waals surface area contributed by atoms with E-state index >= 15 is 0 Å². The van der Waals surface area contributed by atoms with Gasteiger partial charge in [0.05, 0.1) is 6.42 Å². The highest BCUT2D eigenvalue weighted by Crippen LogP contribution is 2.31. The lowest BCUT2D eigenvalue weighted by Gasteiger charge is -2.25. The van der Waals surface area contributed by atoms with Gasteiger partial charge in [0.2, 0.25) is 5.54 Å². The van der Waals surface area contributed by atoms with Crippen molar-refractivity contribution in [3.8, 4) is 0 Å². The third kappa shape index (κ3) is 2.31. The van der Waals surface area contributed by atoms with Crippen molar-refractivity contribution in [1.29, 1.82) is 0 Å². The van der Waals surface area contributed by atoms with Crippen LogP contribution in [0.2, 0.25) is 0 Å². The summed E-state index contributed by atoms with van der Waals surface area (Å²) in [5, 5.41) is 16.1. The predicted molar refractivity (Wildman–Crippen MR) is 32.9 cm³/mol. The highest BCUT2D eigenvalue weighted by molar-refractivity contribution is 5.85. The summed E-state index contributed by atoms with van der Waals surface area (Å²) in [6, 6.07) is 0. The summed E-state index contributed by atoms with van der Waals surface area (Å²) in [6.45, 7) is 0. The standard InChI is InChI=1S/C5H6F3NO4/c6-5(7,8)4(9,3(12)13)1-2(10)11/h1,9H2,(H,10,11)(H,12,13)/t4-/m1/s1. The van der Waals surface area contributed by atoms with Crippen LogP contribution in [0.25, 0.3) is 0 Å². The number of hydrogen-bond acceptors (Lipinski definition) is 3. The van der Waals surface area contributed by atoms with Crippen LogP contribution in [0.4, 0.5) is 13.2 Å². The molecule has 0 unspecified atom stereocenters. The molecular formula is C5H6F3NO4. The van der Waals surface area contributed by atoms with E-state index in [0.29, 0.717) is 0 Å². The molecule has 0 saturated heterocycles. The van der Waals surface area contributed by atoms with Crippen molar-refractivity contribution in [1.82, 2.24) is 0 Å². The molecule has 0 rings (SSSR count). The molecule has 0 spiro atoms. The van der Waals surface area contributed by atoms with Gasteiger partial charge in [-0.15, -0.1) is 0 Å². The van der Waals surface area contributed by atoms with Crippen LogP contribution in [-0.2, 0) is 9.59 Å². The van der Waals surface area contributed by atoms with Gasteiger partial charge < -0.3 is 15.9 Å².